The largest absolute Gasteiger partial charge is 0.289 e. The highest BCUT2D eigenvalue weighted by Gasteiger charge is 2.26. The van der Waals surface area contributed by atoms with Gasteiger partial charge in [0.25, 0.3) is 9.66 Å². The topological polar surface area (TPSA) is 67.1 Å². The Balaban J connectivity index is 0.000000155. The average Bonchev–Trinajstić information content (AvgIpc) is 1.57. The molecule has 0 unspecified atom stereocenters. The molecule has 0 fully saturated rings. The number of hydrogen-bond acceptors (Lipinski definition) is 8. The van der Waals surface area contributed by atoms with Crippen molar-refractivity contribution in [3.8, 4) is 66.2 Å². The average molecular weight is 1370 g/mol. The molecule has 0 bridgehead atoms. The fourth-order valence-electron chi connectivity index (χ4n) is 13.2. The first-order valence-electron chi connectivity index (χ1n) is 33.3. The molecule has 0 saturated carbocycles. The molecule has 0 amide bonds. The van der Waals surface area contributed by atoms with Crippen molar-refractivity contribution in [3.05, 3.63) is 234 Å². The first-order valence-corrected chi connectivity index (χ1v) is 36.6. The lowest BCUT2D eigenvalue weighted by Crippen LogP contribution is -2.31. The van der Waals surface area contributed by atoms with Gasteiger partial charge in [-0.1, -0.05) is 137 Å². The van der Waals surface area contributed by atoms with Gasteiger partial charge < -0.3 is 0 Å². The van der Waals surface area contributed by atoms with Crippen LogP contribution in [0.3, 0.4) is 0 Å². The smallest absolute Gasteiger partial charge is 0.244 e. The molecule has 14 rings (SSSR count). The van der Waals surface area contributed by atoms with Crippen LogP contribution in [0.25, 0.3) is 107 Å². The van der Waals surface area contributed by atoms with Crippen LogP contribution < -0.4 is 18.3 Å². The Morgan fingerprint density at radius 2 is 0.765 bits per heavy atom. The van der Waals surface area contributed by atoms with Crippen molar-refractivity contribution >= 4 is 86.5 Å². The summed E-state index contributed by atoms with van der Waals surface area (Å²) in [5.74, 6) is 0.922. The lowest BCUT2D eigenvalue weighted by atomic mass is 9.89. The van der Waals surface area contributed by atoms with E-state index in [1.54, 1.807) is 34.0 Å². The zero-order valence-electron chi connectivity index (χ0n) is 60.2. The SMILES string of the molecule is C.C.Cc1cc(C)c(C)c(-c2cc3nc(C)sc3c[n+]2C)c1.Cc1cc(C)c(C)c(-c2cc3ncsc3c[n+]2C)c1.Cc1cc(C)c(C)c(-c2ccc3nc(-c4c(C(C)C)cccc4C(C)C)sc3[n+]2C)c1.Cc1ccc(-c2nc3ccc(-c4cc(C)cc(C)c4C)[n+](C)c3s2)cc1. The summed E-state index contributed by atoms with van der Waals surface area (Å²) in [6.45, 7) is 39.5. The molecule has 0 N–H and O–H groups in total. The second kappa shape index (κ2) is 30.3. The summed E-state index contributed by atoms with van der Waals surface area (Å²) in [5.41, 5.74) is 38.9. The van der Waals surface area contributed by atoms with E-state index < -0.39 is 0 Å². The Morgan fingerprint density at radius 1 is 0.367 bits per heavy atom. The number of benzene rings is 6. The van der Waals surface area contributed by atoms with Crippen LogP contribution in [0.15, 0.2) is 145 Å². The third kappa shape index (κ3) is 15.2. The first kappa shape index (κ1) is 73.7. The molecular formula is C86H100N8S4+4. The number of nitrogens with zero attached hydrogens (tertiary/aromatic N) is 8. The number of aromatic nitrogens is 8. The van der Waals surface area contributed by atoms with E-state index in [0.29, 0.717) is 11.8 Å². The summed E-state index contributed by atoms with van der Waals surface area (Å²) in [6, 6.07) is 46.6. The molecule has 0 radical (unpaired) electrons. The first-order chi connectivity index (χ1) is 45.6. The lowest BCUT2D eigenvalue weighted by Gasteiger charge is -2.17. The molecule has 98 heavy (non-hydrogen) atoms. The van der Waals surface area contributed by atoms with E-state index in [1.807, 2.05) is 16.8 Å². The van der Waals surface area contributed by atoms with E-state index in [-0.39, 0.29) is 14.9 Å². The van der Waals surface area contributed by atoms with Gasteiger partial charge >= 0.3 is 0 Å². The van der Waals surface area contributed by atoms with Crippen molar-refractivity contribution in [1.29, 1.82) is 0 Å². The second-order valence-corrected chi connectivity index (χ2v) is 31.2. The van der Waals surface area contributed by atoms with Crippen LogP contribution >= 0.6 is 45.3 Å². The van der Waals surface area contributed by atoms with E-state index in [1.165, 1.54) is 159 Å². The number of pyridine rings is 4. The summed E-state index contributed by atoms with van der Waals surface area (Å²) in [6.07, 6.45) is 4.35. The molecule has 0 aliphatic carbocycles. The third-order valence-electron chi connectivity index (χ3n) is 19.0. The summed E-state index contributed by atoms with van der Waals surface area (Å²) in [4.78, 5) is 21.5. The fraction of sp³-hybridized carbons (Fsp3) is 0.302. The van der Waals surface area contributed by atoms with Crippen molar-refractivity contribution in [2.75, 3.05) is 0 Å². The molecule has 0 aliphatic heterocycles. The minimum atomic E-state index is 0. The van der Waals surface area contributed by atoms with Gasteiger partial charge in [-0.15, -0.1) is 22.7 Å². The zero-order valence-corrected chi connectivity index (χ0v) is 63.5. The molecule has 0 saturated heterocycles. The van der Waals surface area contributed by atoms with Crippen LogP contribution in [0, 0.1) is 96.9 Å². The van der Waals surface area contributed by atoms with Crippen molar-refractivity contribution in [2.45, 2.75) is 151 Å². The van der Waals surface area contributed by atoms with Gasteiger partial charge in [0.05, 0.1) is 21.6 Å². The predicted octanol–water partition coefficient (Wildman–Crippen LogP) is 22.3. The Hall–Kier alpha value is -8.52. The van der Waals surface area contributed by atoms with Crippen LogP contribution in [0.1, 0.15) is 143 Å². The highest BCUT2D eigenvalue weighted by Crippen LogP contribution is 2.41. The lowest BCUT2D eigenvalue weighted by molar-refractivity contribution is -0.659. The van der Waals surface area contributed by atoms with E-state index in [9.17, 15) is 0 Å². The maximum atomic E-state index is 5.12. The van der Waals surface area contributed by atoms with E-state index >= 15 is 0 Å². The highest BCUT2D eigenvalue weighted by molar-refractivity contribution is 7.21. The number of thiazole rings is 4. The second-order valence-electron chi connectivity index (χ2n) is 27.1. The maximum Gasteiger partial charge on any atom is 0.289 e. The maximum absolute atomic E-state index is 5.12. The van der Waals surface area contributed by atoms with Crippen molar-refractivity contribution < 1.29 is 18.3 Å². The fourth-order valence-corrected chi connectivity index (χ4v) is 17.0. The van der Waals surface area contributed by atoms with Gasteiger partial charge in [-0.05, 0) is 223 Å². The van der Waals surface area contributed by atoms with Gasteiger partial charge in [0.1, 0.15) is 58.6 Å². The number of hydrogen-bond donors (Lipinski definition) is 0. The predicted molar refractivity (Wildman–Crippen MR) is 424 cm³/mol. The molecule has 14 aromatic rings. The van der Waals surface area contributed by atoms with Crippen molar-refractivity contribution in [1.82, 2.24) is 19.9 Å². The van der Waals surface area contributed by atoms with Crippen LogP contribution in [-0.4, -0.2) is 19.9 Å². The standard InChI is InChI=1S/C28H33N2S.C23H23N2S.C17H19N2S.C16H17N2S.2CH4/c1-16(2)21-10-9-11-22(17(3)4)26(21)27-29-24-12-13-25(30(8)28(24)31-27)23-15-18(5)14-19(6)20(23)7;1-14-6-8-18(9-7-14)22-24-20-10-11-21(25(5)23(20)26-22)19-13-15(2)12-16(3)17(19)4;1-10-6-11(2)12(3)14(7-10)16-8-15-17(9-19(16)5)20-13(4)18-15;1-10-5-11(2)12(3)13(6-10)15-7-14-16(8-18(15)4)19-9-17-14;;/h9-17H,1-8H3;6-13H,1-5H3;6-9H,1-5H3;5-9H,1-4H3;2*1H4/q4*+1;;. The Kier molecular flexibility index (Phi) is 22.8. The molecule has 8 aromatic heterocycles. The minimum Gasteiger partial charge on any atom is -0.244 e. The Bertz CT molecular complexity index is 5260. The monoisotopic (exact) mass is 1370 g/mol. The van der Waals surface area contributed by atoms with Crippen LogP contribution in [0.5, 0.6) is 0 Å². The van der Waals surface area contributed by atoms with Gasteiger partial charge in [0.15, 0.2) is 12.4 Å². The van der Waals surface area contributed by atoms with Gasteiger partial charge in [-0.25, -0.2) is 19.9 Å². The third-order valence-corrected chi connectivity index (χ3v) is 23.0. The quantitative estimate of drug-likeness (QED) is 0.142. The van der Waals surface area contributed by atoms with Gasteiger partial charge in [-0.3, -0.25) is 0 Å². The molecule has 6 aromatic carbocycles. The minimum absolute atomic E-state index is 0. The number of aryl methyl sites for hydroxylation is 14. The van der Waals surface area contributed by atoms with Crippen molar-refractivity contribution in [3.63, 3.8) is 0 Å². The molecule has 8 heterocycles. The summed E-state index contributed by atoms with van der Waals surface area (Å²) < 4.78 is 11.5. The molecule has 8 nitrogen and oxygen atoms in total. The molecule has 0 aliphatic rings. The number of rotatable bonds is 8. The van der Waals surface area contributed by atoms with Crippen LogP contribution in [0.2, 0.25) is 0 Å². The molecule has 12 heteroatoms. The van der Waals surface area contributed by atoms with Gasteiger partial charge in [-0.2, -0.15) is 18.3 Å². The van der Waals surface area contributed by atoms with Gasteiger partial charge in [0.2, 0.25) is 22.8 Å². The summed E-state index contributed by atoms with van der Waals surface area (Å²) in [5, 5.41) is 3.33. The Morgan fingerprint density at radius 3 is 1.20 bits per heavy atom. The van der Waals surface area contributed by atoms with Crippen LogP contribution in [0.4, 0.5) is 0 Å². The molecule has 0 spiro atoms. The normalized spacial score (nSPS) is 11.2. The highest BCUT2D eigenvalue weighted by atomic mass is 32.1. The van der Waals surface area contributed by atoms with E-state index in [4.69, 9.17) is 9.97 Å². The molecule has 0 atom stereocenters. The number of fused-ring (bicyclic) bond motifs is 4. The van der Waals surface area contributed by atoms with E-state index in [2.05, 4.69) is 321 Å². The summed E-state index contributed by atoms with van der Waals surface area (Å²) in [7, 11) is 8.53. The Labute approximate surface area is 599 Å². The van der Waals surface area contributed by atoms with Gasteiger partial charge in [0, 0.05) is 57.6 Å². The van der Waals surface area contributed by atoms with Crippen molar-refractivity contribution in [2.24, 2.45) is 28.2 Å². The molecule has 504 valence electrons. The molecular weight excluding hydrogens is 1270 g/mol. The van der Waals surface area contributed by atoms with E-state index in [0.717, 1.165) is 37.1 Å². The summed E-state index contributed by atoms with van der Waals surface area (Å²) >= 11 is 7.01. The van der Waals surface area contributed by atoms with Crippen LogP contribution in [-0.2, 0) is 28.2 Å². The zero-order chi connectivity index (χ0) is 68.9.